The molecule has 0 bridgehead atoms. The van der Waals surface area contributed by atoms with E-state index < -0.39 is 12.0 Å². The van der Waals surface area contributed by atoms with Gasteiger partial charge in [-0.15, -0.1) is 0 Å². The highest BCUT2D eigenvalue weighted by Crippen LogP contribution is 2.36. The number of aromatic amines is 1. The number of H-pyrrole nitrogens is 1. The van der Waals surface area contributed by atoms with Gasteiger partial charge in [0, 0.05) is 45.9 Å². The summed E-state index contributed by atoms with van der Waals surface area (Å²) in [7, 11) is 0. The fourth-order valence-electron chi connectivity index (χ4n) is 3.56. The van der Waals surface area contributed by atoms with Crippen molar-refractivity contribution in [2.75, 3.05) is 6.54 Å². The van der Waals surface area contributed by atoms with E-state index in [4.69, 9.17) is 11.6 Å². The van der Waals surface area contributed by atoms with Gasteiger partial charge in [-0.1, -0.05) is 48.0 Å². The molecule has 3 unspecified atom stereocenters. The second kappa shape index (κ2) is 7.04. The Morgan fingerprint density at radius 1 is 1.22 bits per heavy atom. The molecule has 1 amide bonds. The van der Waals surface area contributed by atoms with Gasteiger partial charge in [0.05, 0.1) is 0 Å². The van der Waals surface area contributed by atoms with Crippen molar-refractivity contribution in [1.82, 2.24) is 10.3 Å². The molecule has 7 heteroatoms. The van der Waals surface area contributed by atoms with Crippen LogP contribution in [0.5, 0.6) is 0 Å². The average molecular weight is 384 g/mol. The number of rotatable bonds is 6. The number of nitrogens with one attached hydrogen (secondary N) is 2. The first-order chi connectivity index (χ1) is 13.1. The first-order valence-electron chi connectivity index (χ1n) is 8.78. The van der Waals surface area contributed by atoms with Crippen LogP contribution in [-0.2, 0) is 4.79 Å². The van der Waals surface area contributed by atoms with E-state index in [2.05, 4.69) is 10.3 Å². The lowest BCUT2D eigenvalue weighted by molar-refractivity contribution is -0.497. The van der Waals surface area contributed by atoms with Gasteiger partial charge in [-0.05, 0) is 23.3 Å². The van der Waals surface area contributed by atoms with Crippen LogP contribution in [0.15, 0.2) is 54.7 Å². The highest BCUT2D eigenvalue weighted by atomic mass is 35.5. The number of aromatic nitrogens is 1. The van der Waals surface area contributed by atoms with Gasteiger partial charge in [0.25, 0.3) is 0 Å². The maximum Gasteiger partial charge on any atom is 0.230 e. The largest absolute Gasteiger partial charge is 0.361 e. The first-order valence-corrected chi connectivity index (χ1v) is 9.15. The molecule has 1 heterocycles. The topological polar surface area (TPSA) is 88.0 Å². The van der Waals surface area contributed by atoms with E-state index in [0.29, 0.717) is 18.0 Å². The summed E-state index contributed by atoms with van der Waals surface area (Å²) in [5.41, 5.74) is 2.94. The Labute approximate surface area is 160 Å². The molecular formula is C20H18ClN3O3. The smallest absolute Gasteiger partial charge is 0.230 e. The van der Waals surface area contributed by atoms with Gasteiger partial charge in [-0.3, -0.25) is 14.9 Å². The molecule has 2 aromatic carbocycles. The van der Waals surface area contributed by atoms with E-state index in [1.54, 1.807) is 0 Å². The Morgan fingerprint density at radius 2 is 1.96 bits per heavy atom. The van der Waals surface area contributed by atoms with E-state index in [-0.39, 0.29) is 16.7 Å². The lowest BCUT2D eigenvalue weighted by Crippen LogP contribution is -2.31. The zero-order valence-electron chi connectivity index (χ0n) is 14.4. The zero-order chi connectivity index (χ0) is 19.0. The minimum Gasteiger partial charge on any atom is -0.361 e. The number of nitro groups is 1. The lowest BCUT2D eigenvalue weighted by Gasteiger charge is -2.19. The van der Waals surface area contributed by atoms with Crippen molar-refractivity contribution in [3.05, 3.63) is 81.0 Å². The number of hydrogen-bond acceptors (Lipinski definition) is 3. The van der Waals surface area contributed by atoms with E-state index in [1.807, 2.05) is 54.7 Å². The normalized spacial score (nSPS) is 19.6. The predicted molar refractivity (Wildman–Crippen MR) is 103 cm³/mol. The van der Waals surface area contributed by atoms with Gasteiger partial charge < -0.3 is 10.3 Å². The van der Waals surface area contributed by atoms with Crippen molar-refractivity contribution in [2.45, 2.75) is 18.4 Å². The highest BCUT2D eigenvalue weighted by molar-refractivity contribution is 6.31. The third-order valence-corrected chi connectivity index (χ3v) is 5.47. The Morgan fingerprint density at radius 3 is 2.70 bits per heavy atom. The van der Waals surface area contributed by atoms with Crippen LogP contribution in [-0.4, -0.2) is 28.4 Å². The number of halogens is 1. The Balaban J connectivity index is 1.62. The van der Waals surface area contributed by atoms with Crippen molar-refractivity contribution in [3.63, 3.8) is 0 Å². The predicted octanol–water partition coefficient (Wildman–Crippen LogP) is 3.73. The van der Waals surface area contributed by atoms with Crippen molar-refractivity contribution < 1.29 is 9.72 Å². The Bertz CT molecular complexity index is 1020. The molecule has 138 valence electrons. The minimum atomic E-state index is -0.753. The molecule has 4 rings (SSSR count). The second-order valence-electron chi connectivity index (χ2n) is 6.80. The molecule has 0 aliphatic heterocycles. The summed E-state index contributed by atoms with van der Waals surface area (Å²) in [5.74, 6) is -0.963. The van der Waals surface area contributed by atoms with Gasteiger partial charge in [0.1, 0.15) is 5.92 Å². The van der Waals surface area contributed by atoms with Gasteiger partial charge in [0.2, 0.25) is 11.9 Å². The first kappa shape index (κ1) is 17.5. The number of hydrogen-bond donors (Lipinski definition) is 2. The van der Waals surface area contributed by atoms with Gasteiger partial charge in [-0.25, -0.2) is 0 Å². The van der Waals surface area contributed by atoms with E-state index in [9.17, 15) is 14.9 Å². The number of nitrogens with zero attached hydrogens (tertiary/aromatic N) is 1. The van der Waals surface area contributed by atoms with Crippen LogP contribution in [0.4, 0.5) is 0 Å². The van der Waals surface area contributed by atoms with Gasteiger partial charge >= 0.3 is 0 Å². The van der Waals surface area contributed by atoms with Gasteiger partial charge in [0.15, 0.2) is 0 Å². The van der Waals surface area contributed by atoms with Crippen molar-refractivity contribution in [1.29, 1.82) is 0 Å². The molecule has 1 aromatic heterocycles. The number of benzene rings is 2. The molecule has 1 aliphatic rings. The summed E-state index contributed by atoms with van der Waals surface area (Å²) in [6, 6.07) is 14.7. The standard InChI is InChI=1S/C20H18ClN3O3/c21-17-7-3-1-5-12(17)15(11-23-20(25)14-9-19(14)24(26)27)16-10-22-18-8-4-2-6-13(16)18/h1-8,10,14-15,19,22H,9,11H2,(H,23,25). The molecular weight excluding hydrogens is 366 g/mol. The zero-order valence-corrected chi connectivity index (χ0v) is 15.1. The fourth-order valence-corrected chi connectivity index (χ4v) is 3.82. The summed E-state index contributed by atoms with van der Waals surface area (Å²) in [6.45, 7) is 0.325. The van der Waals surface area contributed by atoms with Crippen LogP contribution in [0.3, 0.4) is 0 Å². The Hall–Kier alpha value is -2.86. The van der Waals surface area contributed by atoms with Crippen LogP contribution in [0.2, 0.25) is 5.02 Å². The van der Waals surface area contributed by atoms with E-state index >= 15 is 0 Å². The number of fused-ring (bicyclic) bond motifs is 1. The monoisotopic (exact) mass is 383 g/mol. The van der Waals surface area contributed by atoms with E-state index in [1.165, 1.54) is 0 Å². The summed E-state index contributed by atoms with van der Waals surface area (Å²) >= 11 is 6.43. The van der Waals surface area contributed by atoms with Crippen LogP contribution in [0.25, 0.3) is 10.9 Å². The number of carbonyl (C=O) groups excluding carboxylic acids is 1. The lowest BCUT2D eigenvalue weighted by atomic mass is 9.90. The van der Waals surface area contributed by atoms with Crippen molar-refractivity contribution in [3.8, 4) is 0 Å². The van der Waals surface area contributed by atoms with Crippen molar-refractivity contribution in [2.24, 2.45) is 5.92 Å². The fraction of sp³-hybridized carbons (Fsp3) is 0.250. The third kappa shape index (κ3) is 3.40. The summed E-state index contributed by atoms with van der Waals surface area (Å²) < 4.78 is 0. The average Bonchev–Trinajstić information content (AvgIpc) is 3.37. The summed E-state index contributed by atoms with van der Waals surface area (Å²) in [4.78, 5) is 26.0. The molecule has 1 saturated carbocycles. The van der Waals surface area contributed by atoms with Crippen LogP contribution in [0.1, 0.15) is 23.5 Å². The van der Waals surface area contributed by atoms with E-state index in [0.717, 1.165) is 22.0 Å². The number of amides is 1. The number of para-hydroxylation sites is 1. The van der Waals surface area contributed by atoms with Crippen molar-refractivity contribution >= 4 is 28.4 Å². The van der Waals surface area contributed by atoms with Crippen LogP contribution >= 0.6 is 11.6 Å². The highest BCUT2D eigenvalue weighted by Gasteiger charge is 2.53. The van der Waals surface area contributed by atoms with Crippen LogP contribution < -0.4 is 5.32 Å². The molecule has 0 radical (unpaired) electrons. The molecule has 0 spiro atoms. The summed E-state index contributed by atoms with van der Waals surface area (Å²) in [6.07, 6.45) is 2.24. The molecule has 0 saturated heterocycles. The third-order valence-electron chi connectivity index (χ3n) is 5.12. The molecule has 27 heavy (non-hydrogen) atoms. The molecule has 6 nitrogen and oxygen atoms in total. The summed E-state index contributed by atoms with van der Waals surface area (Å²) in [5, 5.41) is 15.4. The van der Waals surface area contributed by atoms with Crippen LogP contribution in [0, 0.1) is 16.0 Å². The molecule has 1 fully saturated rings. The second-order valence-corrected chi connectivity index (χ2v) is 7.21. The molecule has 3 aromatic rings. The SMILES string of the molecule is O=C(NCC(c1ccccc1Cl)c1c[nH]c2ccccc12)C1CC1[N+](=O)[O-]. The maximum atomic E-state index is 12.3. The maximum absolute atomic E-state index is 12.3. The minimum absolute atomic E-state index is 0.161. The van der Waals surface area contributed by atoms with Gasteiger partial charge in [-0.2, -0.15) is 0 Å². The molecule has 1 aliphatic carbocycles. The quantitative estimate of drug-likeness (QED) is 0.502. The Kier molecular flexibility index (Phi) is 4.58. The molecule has 3 atom stereocenters. The molecule has 2 N–H and O–H groups in total. The number of carbonyl (C=O) groups is 1.